The second kappa shape index (κ2) is 6.50. The summed E-state index contributed by atoms with van der Waals surface area (Å²) < 4.78 is 2.04. The molecule has 0 bridgehead atoms. The van der Waals surface area contributed by atoms with Crippen molar-refractivity contribution in [1.82, 2.24) is 19.8 Å². The molecule has 0 amide bonds. The number of nitrogens with one attached hydrogen (secondary N) is 1. The van der Waals surface area contributed by atoms with Crippen molar-refractivity contribution in [2.45, 2.75) is 19.6 Å². The number of nitrogens with zero attached hydrogens (tertiary/aromatic N) is 3. The molecule has 4 heteroatoms. The fourth-order valence-electron chi connectivity index (χ4n) is 2.11. The van der Waals surface area contributed by atoms with E-state index in [1.54, 1.807) is 0 Å². The first-order chi connectivity index (χ1) is 9.16. The zero-order valence-electron chi connectivity index (χ0n) is 11.9. The van der Waals surface area contributed by atoms with E-state index < -0.39 is 0 Å². The topological polar surface area (TPSA) is 33.1 Å². The molecule has 1 aromatic carbocycles. The van der Waals surface area contributed by atoms with Crippen molar-refractivity contribution >= 4 is 0 Å². The van der Waals surface area contributed by atoms with Gasteiger partial charge in [-0.05, 0) is 25.2 Å². The predicted octanol–water partition coefficient (Wildman–Crippen LogP) is 1.77. The van der Waals surface area contributed by atoms with Gasteiger partial charge in [0.2, 0.25) is 0 Å². The molecule has 19 heavy (non-hydrogen) atoms. The van der Waals surface area contributed by atoms with Crippen molar-refractivity contribution in [2.75, 3.05) is 14.1 Å². The van der Waals surface area contributed by atoms with Gasteiger partial charge in [0, 0.05) is 32.9 Å². The Kier molecular flexibility index (Phi) is 4.71. The van der Waals surface area contributed by atoms with E-state index in [1.807, 2.05) is 24.1 Å². The van der Waals surface area contributed by atoms with Crippen LogP contribution in [0, 0.1) is 0 Å². The molecular formula is C15H22N4. The molecule has 1 heterocycles. The summed E-state index contributed by atoms with van der Waals surface area (Å²) in [6.45, 7) is 2.70. The molecule has 0 radical (unpaired) electrons. The Bertz CT molecular complexity index is 516. The van der Waals surface area contributed by atoms with Gasteiger partial charge in [-0.1, -0.05) is 24.3 Å². The predicted molar refractivity (Wildman–Crippen MR) is 77.6 cm³/mol. The van der Waals surface area contributed by atoms with Crippen LogP contribution < -0.4 is 5.32 Å². The Morgan fingerprint density at radius 1 is 1.16 bits per heavy atom. The number of benzene rings is 1. The van der Waals surface area contributed by atoms with Crippen LogP contribution in [0.3, 0.4) is 0 Å². The number of aromatic nitrogens is 2. The van der Waals surface area contributed by atoms with Crippen LogP contribution >= 0.6 is 0 Å². The highest BCUT2D eigenvalue weighted by atomic mass is 15.1. The minimum atomic E-state index is 0.840. The third-order valence-electron chi connectivity index (χ3n) is 3.14. The second-order valence-electron chi connectivity index (χ2n) is 5.11. The van der Waals surface area contributed by atoms with Crippen molar-refractivity contribution in [2.24, 2.45) is 7.05 Å². The van der Waals surface area contributed by atoms with Crippen LogP contribution in [0.1, 0.15) is 16.8 Å². The normalized spacial score (nSPS) is 11.2. The van der Waals surface area contributed by atoms with Crippen LogP contribution in [-0.2, 0) is 26.7 Å². The summed E-state index contributed by atoms with van der Waals surface area (Å²) in [6, 6.07) is 8.58. The van der Waals surface area contributed by atoms with E-state index in [0.717, 1.165) is 19.6 Å². The lowest BCUT2D eigenvalue weighted by atomic mass is 10.1. The van der Waals surface area contributed by atoms with Gasteiger partial charge in [0.1, 0.15) is 0 Å². The summed E-state index contributed by atoms with van der Waals surface area (Å²) in [5, 5.41) is 3.48. The lowest BCUT2D eigenvalue weighted by Crippen LogP contribution is -2.18. The Balaban J connectivity index is 1.94. The molecule has 1 aromatic heterocycles. The van der Waals surface area contributed by atoms with E-state index >= 15 is 0 Å². The molecule has 0 atom stereocenters. The van der Waals surface area contributed by atoms with Gasteiger partial charge >= 0.3 is 0 Å². The molecule has 0 saturated heterocycles. The second-order valence-corrected chi connectivity index (χ2v) is 5.11. The molecule has 2 aromatic rings. The summed E-state index contributed by atoms with van der Waals surface area (Å²) in [5.74, 6) is 0. The average Bonchev–Trinajstić information content (AvgIpc) is 2.77. The van der Waals surface area contributed by atoms with Gasteiger partial charge in [-0.15, -0.1) is 0 Å². The fourth-order valence-corrected chi connectivity index (χ4v) is 2.11. The van der Waals surface area contributed by atoms with Gasteiger partial charge in [-0.25, -0.2) is 4.98 Å². The molecule has 2 rings (SSSR count). The SMILES string of the molecule is CN(C)Cc1ccccc1CNCc1cncn1C. The number of rotatable bonds is 6. The number of hydrogen-bond donors (Lipinski definition) is 1. The summed E-state index contributed by atoms with van der Waals surface area (Å²) >= 11 is 0. The lowest BCUT2D eigenvalue weighted by Gasteiger charge is -2.14. The minimum absolute atomic E-state index is 0.840. The van der Waals surface area contributed by atoms with Crippen molar-refractivity contribution in [3.8, 4) is 0 Å². The molecule has 102 valence electrons. The lowest BCUT2D eigenvalue weighted by molar-refractivity contribution is 0.400. The van der Waals surface area contributed by atoms with Crippen LogP contribution in [0.4, 0.5) is 0 Å². The van der Waals surface area contributed by atoms with Crippen molar-refractivity contribution in [3.05, 3.63) is 53.6 Å². The molecule has 0 fully saturated rings. The highest BCUT2D eigenvalue weighted by molar-refractivity contribution is 5.26. The standard InChI is InChI=1S/C15H22N4/c1-18(2)11-14-7-5-4-6-13(14)8-16-9-15-10-17-12-19(15)3/h4-7,10,12,16H,8-9,11H2,1-3H3. The highest BCUT2D eigenvalue weighted by Gasteiger charge is 2.03. The van der Waals surface area contributed by atoms with Crippen LogP contribution in [-0.4, -0.2) is 28.5 Å². The average molecular weight is 258 g/mol. The Morgan fingerprint density at radius 2 is 1.89 bits per heavy atom. The van der Waals surface area contributed by atoms with Crippen molar-refractivity contribution in [1.29, 1.82) is 0 Å². The van der Waals surface area contributed by atoms with Crippen LogP contribution in [0.15, 0.2) is 36.8 Å². The fraction of sp³-hybridized carbons (Fsp3) is 0.400. The van der Waals surface area contributed by atoms with Crippen LogP contribution in [0.25, 0.3) is 0 Å². The maximum absolute atomic E-state index is 4.12. The Hall–Kier alpha value is -1.65. The molecule has 0 saturated carbocycles. The third-order valence-corrected chi connectivity index (χ3v) is 3.14. The van der Waals surface area contributed by atoms with Gasteiger partial charge < -0.3 is 14.8 Å². The van der Waals surface area contributed by atoms with Crippen molar-refractivity contribution < 1.29 is 0 Å². The maximum Gasteiger partial charge on any atom is 0.0945 e. The van der Waals surface area contributed by atoms with E-state index in [1.165, 1.54) is 16.8 Å². The maximum atomic E-state index is 4.12. The van der Waals surface area contributed by atoms with E-state index in [-0.39, 0.29) is 0 Å². The van der Waals surface area contributed by atoms with Gasteiger partial charge in [-0.2, -0.15) is 0 Å². The monoisotopic (exact) mass is 258 g/mol. The zero-order chi connectivity index (χ0) is 13.7. The highest BCUT2D eigenvalue weighted by Crippen LogP contribution is 2.10. The molecule has 0 aliphatic rings. The largest absolute Gasteiger partial charge is 0.337 e. The summed E-state index contributed by atoms with van der Waals surface area (Å²) in [7, 11) is 6.21. The zero-order valence-corrected chi connectivity index (χ0v) is 11.9. The molecule has 0 unspecified atom stereocenters. The third kappa shape index (κ3) is 3.91. The first kappa shape index (κ1) is 13.8. The summed E-state index contributed by atoms with van der Waals surface area (Å²) in [6.07, 6.45) is 3.73. The first-order valence-corrected chi connectivity index (χ1v) is 6.54. The number of hydrogen-bond acceptors (Lipinski definition) is 3. The number of imidazole rings is 1. The number of aryl methyl sites for hydroxylation is 1. The smallest absolute Gasteiger partial charge is 0.0945 e. The van der Waals surface area contributed by atoms with Gasteiger partial charge in [0.05, 0.1) is 12.0 Å². The van der Waals surface area contributed by atoms with Crippen molar-refractivity contribution in [3.63, 3.8) is 0 Å². The van der Waals surface area contributed by atoms with Gasteiger partial charge in [0.25, 0.3) is 0 Å². The van der Waals surface area contributed by atoms with E-state index in [9.17, 15) is 0 Å². The summed E-state index contributed by atoms with van der Waals surface area (Å²) in [4.78, 5) is 6.31. The molecule has 0 aliphatic heterocycles. The molecule has 4 nitrogen and oxygen atoms in total. The van der Waals surface area contributed by atoms with Gasteiger partial charge in [0.15, 0.2) is 0 Å². The molecular weight excluding hydrogens is 236 g/mol. The molecule has 0 spiro atoms. The van der Waals surface area contributed by atoms with Crippen LogP contribution in [0.5, 0.6) is 0 Å². The van der Waals surface area contributed by atoms with Gasteiger partial charge in [-0.3, -0.25) is 0 Å². The molecule has 0 aliphatic carbocycles. The van der Waals surface area contributed by atoms with E-state index in [4.69, 9.17) is 0 Å². The Morgan fingerprint density at radius 3 is 2.53 bits per heavy atom. The molecule has 1 N–H and O–H groups in total. The minimum Gasteiger partial charge on any atom is -0.337 e. The first-order valence-electron chi connectivity index (χ1n) is 6.54. The van der Waals surface area contributed by atoms with E-state index in [2.05, 4.69) is 53.6 Å². The van der Waals surface area contributed by atoms with E-state index in [0.29, 0.717) is 0 Å². The summed E-state index contributed by atoms with van der Waals surface area (Å²) in [5.41, 5.74) is 3.94. The quantitative estimate of drug-likeness (QED) is 0.857. The van der Waals surface area contributed by atoms with Crippen LogP contribution in [0.2, 0.25) is 0 Å². The Labute approximate surface area is 115 Å².